The molecule has 5 nitrogen and oxygen atoms in total. The van der Waals surface area contributed by atoms with Gasteiger partial charge in [0.25, 0.3) is 0 Å². The molecule has 4 N–H and O–H groups in total. The van der Waals surface area contributed by atoms with Crippen molar-refractivity contribution in [2.24, 2.45) is 11.7 Å². The number of anilines is 1. The van der Waals surface area contributed by atoms with Gasteiger partial charge in [0.15, 0.2) is 5.82 Å². The molecule has 0 aliphatic heterocycles. The molecule has 0 radical (unpaired) electrons. The van der Waals surface area contributed by atoms with Crippen LogP contribution < -0.4 is 11.1 Å². The zero-order chi connectivity index (χ0) is 15.0. The summed E-state index contributed by atoms with van der Waals surface area (Å²) in [5.41, 5.74) is 6.09. The fourth-order valence-corrected chi connectivity index (χ4v) is 3.09. The highest BCUT2D eigenvalue weighted by Crippen LogP contribution is 2.28. The number of aliphatic hydroxyl groups excluding tert-OH is 1. The molecule has 21 heavy (non-hydrogen) atoms. The van der Waals surface area contributed by atoms with E-state index in [4.69, 9.17) is 5.73 Å². The lowest BCUT2D eigenvalue weighted by Gasteiger charge is -2.13. The predicted molar refractivity (Wildman–Crippen MR) is 82.4 cm³/mol. The van der Waals surface area contributed by atoms with Gasteiger partial charge in [-0.2, -0.15) is 0 Å². The first-order chi connectivity index (χ1) is 10.1. The molecule has 2 aromatic rings. The highest BCUT2D eigenvalue weighted by Gasteiger charge is 2.30. The van der Waals surface area contributed by atoms with Crippen molar-refractivity contribution in [2.45, 2.75) is 25.0 Å². The quantitative estimate of drug-likeness (QED) is 0.785. The second-order valence-electron chi connectivity index (χ2n) is 5.43. The Labute approximate surface area is 129 Å². The molecule has 3 rings (SSSR count). The SMILES string of the molecule is N[C@@H]1C[C@H](CNc2ncnc3c(F)c(Br)ccc23)C[C@H]1O. The minimum Gasteiger partial charge on any atom is -0.392 e. The molecule has 0 amide bonds. The van der Waals surface area contributed by atoms with Gasteiger partial charge in [-0.3, -0.25) is 0 Å². The predicted octanol–water partition coefficient (Wildman–Crippen LogP) is 2.04. The normalized spacial score (nSPS) is 25.4. The molecule has 1 saturated carbocycles. The third-order valence-corrected chi connectivity index (χ3v) is 4.54. The fourth-order valence-electron chi connectivity index (χ4n) is 2.77. The third-order valence-electron chi connectivity index (χ3n) is 3.93. The van der Waals surface area contributed by atoms with Crippen LogP contribution in [0.15, 0.2) is 22.9 Å². The van der Waals surface area contributed by atoms with E-state index in [0.717, 1.165) is 6.42 Å². The summed E-state index contributed by atoms with van der Waals surface area (Å²) in [4.78, 5) is 8.17. The number of nitrogens with zero attached hydrogens (tertiary/aromatic N) is 2. The van der Waals surface area contributed by atoms with Gasteiger partial charge in [-0.05, 0) is 46.8 Å². The molecule has 1 aliphatic rings. The average molecular weight is 355 g/mol. The first-order valence-electron chi connectivity index (χ1n) is 6.82. The van der Waals surface area contributed by atoms with Crippen LogP contribution in [0.1, 0.15) is 12.8 Å². The molecule has 1 heterocycles. The summed E-state index contributed by atoms with van der Waals surface area (Å²) < 4.78 is 14.4. The van der Waals surface area contributed by atoms with Crippen molar-refractivity contribution in [3.8, 4) is 0 Å². The minimum atomic E-state index is -0.438. The number of hydrogen-bond donors (Lipinski definition) is 3. The molecule has 0 unspecified atom stereocenters. The number of fused-ring (bicyclic) bond motifs is 1. The standard InChI is InChI=1S/C14H16BrFN4O/c15-9-2-1-8-13(12(9)16)19-6-20-14(8)18-5-7-3-10(17)11(21)4-7/h1-2,6-7,10-11,21H,3-5,17H2,(H,18,19,20)/t7-,10+,11+/m0/s1. The molecular weight excluding hydrogens is 339 g/mol. The maximum Gasteiger partial charge on any atom is 0.163 e. The van der Waals surface area contributed by atoms with E-state index in [2.05, 4.69) is 31.2 Å². The lowest BCUT2D eigenvalue weighted by Crippen LogP contribution is -2.28. The smallest absolute Gasteiger partial charge is 0.163 e. The van der Waals surface area contributed by atoms with E-state index in [-0.39, 0.29) is 11.6 Å². The van der Waals surface area contributed by atoms with Gasteiger partial charge in [0.1, 0.15) is 17.7 Å². The first kappa shape index (κ1) is 14.6. The molecule has 7 heteroatoms. The van der Waals surface area contributed by atoms with Crippen molar-refractivity contribution in [3.05, 3.63) is 28.7 Å². The van der Waals surface area contributed by atoms with E-state index < -0.39 is 11.9 Å². The van der Waals surface area contributed by atoms with Gasteiger partial charge in [-0.25, -0.2) is 14.4 Å². The van der Waals surface area contributed by atoms with Gasteiger partial charge in [0.05, 0.1) is 10.6 Å². The highest BCUT2D eigenvalue weighted by molar-refractivity contribution is 9.10. The molecular formula is C14H16BrFN4O. The van der Waals surface area contributed by atoms with Crippen LogP contribution in [0.25, 0.3) is 10.9 Å². The van der Waals surface area contributed by atoms with Crippen LogP contribution in [-0.4, -0.2) is 33.8 Å². The molecule has 0 spiro atoms. The maximum atomic E-state index is 14.0. The van der Waals surface area contributed by atoms with Gasteiger partial charge in [-0.1, -0.05) is 0 Å². The summed E-state index contributed by atoms with van der Waals surface area (Å²) in [6.07, 6.45) is 2.36. The van der Waals surface area contributed by atoms with Crippen molar-refractivity contribution in [3.63, 3.8) is 0 Å². The number of nitrogens with two attached hydrogens (primary N) is 1. The molecule has 3 atom stereocenters. The van der Waals surface area contributed by atoms with Crippen LogP contribution in [0.2, 0.25) is 0 Å². The van der Waals surface area contributed by atoms with Crippen molar-refractivity contribution >= 4 is 32.7 Å². The first-order valence-corrected chi connectivity index (χ1v) is 7.61. The van der Waals surface area contributed by atoms with Crippen molar-refractivity contribution in [1.82, 2.24) is 9.97 Å². The summed E-state index contributed by atoms with van der Waals surface area (Å²) in [6.45, 7) is 0.647. The molecule has 1 fully saturated rings. The van der Waals surface area contributed by atoms with E-state index >= 15 is 0 Å². The Balaban J connectivity index is 1.80. The van der Waals surface area contributed by atoms with E-state index in [0.29, 0.717) is 34.6 Å². The van der Waals surface area contributed by atoms with Gasteiger partial charge >= 0.3 is 0 Å². The fraction of sp³-hybridized carbons (Fsp3) is 0.429. The number of rotatable bonds is 3. The minimum absolute atomic E-state index is 0.160. The molecule has 1 aliphatic carbocycles. The van der Waals surface area contributed by atoms with Crippen LogP contribution >= 0.6 is 15.9 Å². The van der Waals surface area contributed by atoms with Gasteiger partial charge in [0.2, 0.25) is 0 Å². The monoisotopic (exact) mass is 354 g/mol. The van der Waals surface area contributed by atoms with E-state index in [9.17, 15) is 9.50 Å². The number of hydrogen-bond acceptors (Lipinski definition) is 5. The van der Waals surface area contributed by atoms with Crippen molar-refractivity contribution in [2.75, 3.05) is 11.9 Å². The highest BCUT2D eigenvalue weighted by atomic mass is 79.9. The van der Waals surface area contributed by atoms with Crippen LogP contribution in [0.3, 0.4) is 0 Å². The van der Waals surface area contributed by atoms with Gasteiger partial charge < -0.3 is 16.2 Å². The van der Waals surface area contributed by atoms with Crippen LogP contribution in [0, 0.1) is 11.7 Å². The van der Waals surface area contributed by atoms with Gasteiger partial charge in [0, 0.05) is 18.0 Å². The van der Waals surface area contributed by atoms with E-state index in [1.807, 2.05) is 0 Å². The van der Waals surface area contributed by atoms with Crippen LogP contribution in [0.5, 0.6) is 0 Å². The average Bonchev–Trinajstić information content (AvgIpc) is 2.79. The maximum absolute atomic E-state index is 14.0. The lowest BCUT2D eigenvalue weighted by molar-refractivity contribution is 0.162. The zero-order valence-corrected chi connectivity index (χ0v) is 12.8. The second-order valence-corrected chi connectivity index (χ2v) is 6.28. The number of benzene rings is 1. The summed E-state index contributed by atoms with van der Waals surface area (Å²) in [5, 5.41) is 13.5. The summed E-state index contributed by atoms with van der Waals surface area (Å²) in [6, 6.07) is 3.26. The molecule has 0 bridgehead atoms. The Morgan fingerprint density at radius 3 is 2.90 bits per heavy atom. The Hall–Kier alpha value is -1.31. The number of halogens is 2. The van der Waals surface area contributed by atoms with Crippen LogP contribution in [0.4, 0.5) is 10.2 Å². The Bertz CT molecular complexity index is 659. The third kappa shape index (κ3) is 2.86. The number of aliphatic hydroxyl groups is 1. The largest absolute Gasteiger partial charge is 0.392 e. The summed E-state index contributed by atoms with van der Waals surface area (Å²) >= 11 is 3.15. The van der Waals surface area contributed by atoms with Crippen LogP contribution in [-0.2, 0) is 0 Å². The lowest BCUT2D eigenvalue weighted by atomic mass is 10.1. The van der Waals surface area contributed by atoms with Crippen molar-refractivity contribution < 1.29 is 9.50 Å². The Morgan fingerprint density at radius 2 is 2.19 bits per heavy atom. The molecule has 0 saturated heterocycles. The second kappa shape index (κ2) is 5.82. The molecule has 1 aromatic carbocycles. The number of aromatic nitrogens is 2. The zero-order valence-electron chi connectivity index (χ0n) is 11.3. The summed E-state index contributed by atoms with van der Waals surface area (Å²) in [5.74, 6) is 0.498. The number of nitrogens with one attached hydrogen (secondary N) is 1. The topological polar surface area (TPSA) is 84.1 Å². The summed E-state index contributed by atoms with van der Waals surface area (Å²) in [7, 11) is 0. The van der Waals surface area contributed by atoms with E-state index in [1.54, 1.807) is 12.1 Å². The van der Waals surface area contributed by atoms with Crippen molar-refractivity contribution in [1.29, 1.82) is 0 Å². The Morgan fingerprint density at radius 1 is 1.38 bits per heavy atom. The molecule has 1 aromatic heterocycles. The molecule has 112 valence electrons. The Kier molecular flexibility index (Phi) is 4.05. The van der Waals surface area contributed by atoms with Gasteiger partial charge in [-0.15, -0.1) is 0 Å². The van der Waals surface area contributed by atoms with E-state index in [1.165, 1.54) is 6.33 Å².